The lowest BCUT2D eigenvalue weighted by Gasteiger charge is -2.40. The van der Waals surface area contributed by atoms with Crippen molar-refractivity contribution in [2.75, 3.05) is 0 Å². The predicted molar refractivity (Wildman–Crippen MR) is 166 cm³/mol. The minimum absolute atomic E-state index is 0.338. The molecule has 0 atom stereocenters. The van der Waals surface area contributed by atoms with E-state index in [4.69, 9.17) is 0 Å². The zero-order chi connectivity index (χ0) is 28.8. The maximum absolute atomic E-state index is 13.0. The van der Waals surface area contributed by atoms with E-state index in [1.807, 2.05) is 0 Å². The first-order chi connectivity index (χ1) is 18.1. The largest absolute Gasteiger partial charge is 0.478 e. The van der Waals surface area contributed by atoms with Crippen LogP contribution >= 0.6 is 0 Å². The lowest BCUT2D eigenvalue weighted by molar-refractivity contribution is 0.0690. The van der Waals surface area contributed by atoms with Crippen molar-refractivity contribution in [2.24, 2.45) is 34.0 Å². The molecular weight excluding hydrogens is 476 g/mol. The van der Waals surface area contributed by atoms with Gasteiger partial charge < -0.3 is 5.11 Å². The number of hydrogen-bond acceptors (Lipinski definition) is 1. The maximum Gasteiger partial charge on any atom is 0.336 e. The summed E-state index contributed by atoms with van der Waals surface area (Å²) < 4.78 is 0. The normalized spacial score (nSPS) is 31.2. The smallest absolute Gasteiger partial charge is 0.336 e. The summed E-state index contributed by atoms with van der Waals surface area (Å²) in [6.07, 6.45) is 14.5. The van der Waals surface area contributed by atoms with E-state index in [2.05, 4.69) is 74.4 Å². The molecule has 39 heavy (non-hydrogen) atoms. The minimum atomic E-state index is -0.682. The summed E-state index contributed by atoms with van der Waals surface area (Å²) in [6.45, 7) is 21.5. The summed E-state index contributed by atoms with van der Waals surface area (Å²) in [6, 6.07) is 4.80. The number of hydrogen-bond donors (Lipinski definition) is 1. The third kappa shape index (κ3) is 7.13. The van der Waals surface area contributed by atoms with Crippen LogP contribution in [0, 0.1) is 34.0 Å². The first-order valence-electron chi connectivity index (χ1n) is 16.5. The van der Waals surface area contributed by atoms with Crippen molar-refractivity contribution in [3.05, 3.63) is 34.4 Å². The van der Waals surface area contributed by atoms with Crippen molar-refractivity contribution in [3.8, 4) is 0 Å². The van der Waals surface area contributed by atoms with Crippen LogP contribution in [0.1, 0.15) is 184 Å². The fourth-order valence-corrected chi connectivity index (χ4v) is 8.67. The van der Waals surface area contributed by atoms with E-state index in [-0.39, 0.29) is 0 Å². The third-order valence-electron chi connectivity index (χ3n) is 11.6. The van der Waals surface area contributed by atoms with Gasteiger partial charge in [-0.05, 0) is 145 Å². The average Bonchev–Trinajstić information content (AvgIpc) is 2.86. The first-order valence-corrected chi connectivity index (χ1v) is 16.5. The highest BCUT2D eigenvalue weighted by Crippen LogP contribution is 2.50. The molecule has 1 N–H and O–H groups in total. The Morgan fingerprint density at radius 1 is 0.538 bits per heavy atom. The lowest BCUT2D eigenvalue weighted by atomic mass is 9.65. The Kier molecular flexibility index (Phi) is 9.05. The van der Waals surface area contributed by atoms with Crippen LogP contribution < -0.4 is 0 Å². The number of benzene rings is 1. The third-order valence-corrected chi connectivity index (χ3v) is 11.6. The monoisotopic (exact) mass is 536 g/mol. The fourth-order valence-electron chi connectivity index (χ4n) is 8.67. The average molecular weight is 537 g/mol. The summed E-state index contributed by atoms with van der Waals surface area (Å²) in [5.74, 6) is 2.97. The Hall–Kier alpha value is -1.31. The number of carboxylic acid groups (broad SMARTS) is 1. The van der Waals surface area contributed by atoms with Crippen LogP contribution in [0.4, 0.5) is 0 Å². The van der Waals surface area contributed by atoms with Crippen molar-refractivity contribution >= 4 is 5.97 Å². The second kappa shape index (κ2) is 11.5. The summed E-state index contributed by atoms with van der Waals surface area (Å²) in [5.41, 5.74) is 5.60. The van der Waals surface area contributed by atoms with Crippen molar-refractivity contribution < 1.29 is 9.90 Å². The van der Waals surface area contributed by atoms with E-state index < -0.39 is 5.97 Å². The highest BCUT2D eigenvalue weighted by Gasteiger charge is 2.37. The van der Waals surface area contributed by atoms with Crippen molar-refractivity contribution in [2.45, 2.75) is 157 Å². The van der Waals surface area contributed by atoms with Gasteiger partial charge in [-0.3, -0.25) is 0 Å². The van der Waals surface area contributed by atoms with Gasteiger partial charge in [0.2, 0.25) is 0 Å². The lowest BCUT2D eigenvalue weighted by Crippen LogP contribution is -2.28. The van der Waals surface area contributed by atoms with Crippen LogP contribution in [0.2, 0.25) is 0 Å². The van der Waals surface area contributed by atoms with Gasteiger partial charge in [-0.1, -0.05) is 74.4 Å². The van der Waals surface area contributed by atoms with E-state index in [1.54, 1.807) is 0 Å². The molecule has 220 valence electrons. The number of rotatable bonds is 4. The van der Waals surface area contributed by atoms with Gasteiger partial charge in [0.05, 0.1) is 5.56 Å². The molecule has 0 bridgehead atoms. The van der Waals surface area contributed by atoms with Gasteiger partial charge in [0.25, 0.3) is 0 Å². The summed E-state index contributed by atoms with van der Waals surface area (Å²) in [4.78, 5) is 13.0. The molecule has 0 spiro atoms. The van der Waals surface area contributed by atoms with E-state index in [9.17, 15) is 9.90 Å². The van der Waals surface area contributed by atoms with Crippen LogP contribution in [-0.2, 0) is 0 Å². The topological polar surface area (TPSA) is 37.3 Å². The van der Waals surface area contributed by atoms with Crippen LogP contribution in [0.25, 0.3) is 0 Å². The second-order valence-corrected chi connectivity index (χ2v) is 17.1. The van der Waals surface area contributed by atoms with Gasteiger partial charge in [-0.15, -0.1) is 0 Å². The SMILES string of the molecule is CC(C)(C)C1CCC(c2cc(C3CCC(C(C)(C)C)CC3)c(C(=O)O)c(C3CCC(C(C)(C)C)CC3)c2)CC1. The molecule has 3 fully saturated rings. The maximum atomic E-state index is 13.0. The van der Waals surface area contributed by atoms with Crippen LogP contribution in [0.15, 0.2) is 12.1 Å². The van der Waals surface area contributed by atoms with Crippen LogP contribution in [-0.4, -0.2) is 11.1 Å². The quantitative estimate of drug-likeness (QED) is 0.415. The second-order valence-electron chi connectivity index (χ2n) is 17.1. The molecule has 3 aliphatic rings. The van der Waals surface area contributed by atoms with Gasteiger partial charge in [0, 0.05) is 0 Å². The van der Waals surface area contributed by atoms with E-state index in [0.717, 1.165) is 43.4 Å². The van der Waals surface area contributed by atoms with Gasteiger partial charge >= 0.3 is 5.97 Å². The molecule has 0 amide bonds. The molecule has 2 heteroatoms. The van der Waals surface area contributed by atoms with Crippen LogP contribution in [0.5, 0.6) is 0 Å². The molecule has 4 rings (SSSR count). The highest BCUT2D eigenvalue weighted by atomic mass is 16.4. The highest BCUT2D eigenvalue weighted by molar-refractivity contribution is 5.92. The summed E-state index contributed by atoms with van der Waals surface area (Å²) in [7, 11) is 0. The van der Waals surface area contributed by atoms with Gasteiger partial charge in [0.1, 0.15) is 0 Å². The molecule has 1 aromatic rings. The van der Waals surface area contributed by atoms with E-state index in [0.29, 0.717) is 39.6 Å². The minimum Gasteiger partial charge on any atom is -0.478 e. The standard InChI is InChI=1S/C37H60O2/c1-35(2,3)28-16-10-24(11-17-28)27-22-31(25-12-18-29(19-13-25)36(4,5)6)33(34(38)39)32(23-27)26-14-20-30(21-15-26)37(7,8)9/h22-26,28-30H,10-21H2,1-9H3,(H,38,39). The number of carbonyl (C=O) groups is 1. The predicted octanol–water partition coefficient (Wildman–Crippen LogP) is 11.3. The van der Waals surface area contributed by atoms with Gasteiger partial charge in [-0.2, -0.15) is 0 Å². The molecule has 0 saturated heterocycles. The van der Waals surface area contributed by atoms with Crippen molar-refractivity contribution in [3.63, 3.8) is 0 Å². The fraction of sp³-hybridized carbons (Fsp3) is 0.811. The molecule has 3 saturated carbocycles. The van der Waals surface area contributed by atoms with E-state index >= 15 is 0 Å². The molecular formula is C37H60O2. The van der Waals surface area contributed by atoms with Crippen LogP contribution in [0.3, 0.4) is 0 Å². The molecule has 2 nitrogen and oxygen atoms in total. The number of carboxylic acids is 1. The van der Waals surface area contributed by atoms with E-state index in [1.165, 1.54) is 68.1 Å². The summed E-state index contributed by atoms with van der Waals surface area (Å²) >= 11 is 0. The molecule has 0 heterocycles. The molecule has 0 aliphatic heterocycles. The molecule has 0 radical (unpaired) electrons. The Bertz CT molecular complexity index is 919. The molecule has 0 unspecified atom stereocenters. The Morgan fingerprint density at radius 3 is 1.08 bits per heavy atom. The number of aromatic carboxylic acids is 1. The zero-order valence-corrected chi connectivity index (χ0v) is 27.0. The Morgan fingerprint density at radius 2 is 0.821 bits per heavy atom. The first kappa shape index (κ1) is 30.6. The summed E-state index contributed by atoms with van der Waals surface area (Å²) in [5, 5.41) is 10.7. The Labute approximate surface area is 241 Å². The molecule has 3 aliphatic carbocycles. The van der Waals surface area contributed by atoms with Crippen molar-refractivity contribution in [1.82, 2.24) is 0 Å². The van der Waals surface area contributed by atoms with Crippen molar-refractivity contribution in [1.29, 1.82) is 0 Å². The molecule has 1 aromatic carbocycles. The zero-order valence-electron chi connectivity index (χ0n) is 27.0. The Balaban J connectivity index is 1.68. The van der Waals surface area contributed by atoms with Gasteiger partial charge in [0.15, 0.2) is 0 Å². The molecule has 0 aromatic heterocycles. The van der Waals surface area contributed by atoms with Gasteiger partial charge in [-0.25, -0.2) is 4.79 Å².